The van der Waals surface area contributed by atoms with E-state index >= 15 is 0 Å². The van der Waals surface area contributed by atoms with Gasteiger partial charge >= 0.3 is 5.97 Å². The molecule has 0 unspecified atom stereocenters. The predicted octanol–water partition coefficient (Wildman–Crippen LogP) is 2.44. The average molecular weight is 292 g/mol. The number of carbonyl (C=O) groups excluding carboxylic acids is 1. The van der Waals surface area contributed by atoms with Gasteiger partial charge in [0, 0.05) is 11.3 Å². The number of anilines is 1. The van der Waals surface area contributed by atoms with Crippen LogP contribution < -0.4 is 10.5 Å². The summed E-state index contributed by atoms with van der Waals surface area (Å²) in [7, 11) is 1.33. The highest BCUT2D eigenvalue weighted by atomic mass is 32.1. The van der Waals surface area contributed by atoms with Crippen LogP contribution in [-0.2, 0) is 11.2 Å². The van der Waals surface area contributed by atoms with Crippen molar-refractivity contribution in [3.63, 3.8) is 0 Å². The van der Waals surface area contributed by atoms with Gasteiger partial charge in [0.15, 0.2) is 5.75 Å². The lowest BCUT2D eigenvalue weighted by atomic mass is 10.1. The summed E-state index contributed by atoms with van der Waals surface area (Å²) in [5.41, 5.74) is 9.44. The number of carbonyl (C=O) groups is 1. The van der Waals surface area contributed by atoms with Gasteiger partial charge in [-0.25, -0.2) is 9.78 Å². The van der Waals surface area contributed by atoms with Crippen LogP contribution in [0.4, 0.5) is 5.69 Å². The van der Waals surface area contributed by atoms with Crippen LogP contribution in [0.2, 0.25) is 0 Å². The second-order valence-corrected chi connectivity index (χ2v) is 5.11. The highest BCUT2D eigenvalue weighted by Crippen LogP contribution is 2.27. The van der Waals surface area contributed by atoms with Gasteiger partial charge in [-0.05, 0) is 19.1 Å². The largest absolute Gasteiger partial charge is 0.490 e. The number of para-hydroxylation sites is 1. The van der Waals surface area contributed by atoms with Crippen LogP contribution in [0.3, 0.4) is 0 Å². The fraction of sp³-hybridized carbons (Fsp3) is 0.286. The Hall–Kier alpha value is -2.08. The monoisotopic (exact) mass is 292 g/mol. The average Bonchev–Trinajstić information content (AvgIpc) is 2.85. The molecular formula is C14H16N2O3S. The number of ether oxygens (including phenoxy) is 2. The van der Waals surface area contributed by atoms with Crippen molar-refractivity contribution in [2.45, 2.75) is 13.3 Å². The number of rotatable bonds is 5. The molecule has 5 nitrogen and oxygen atoms in total. The molecule has 0 radical (unpaired) electrons. The number of aryl methyl sites for hydroxylation is 1. The molecule has 0 bridgehead atoms. The maximum Gasteiger partial charge on any atom is 0.341 e. The van der Waals surface area contributed by atoms with Gasteiger partial charge in [-0.3, -0.25) is 0 Å². The van der Waals surface area contributed by atoms with Crippen LogP contribution in [0.25, 0.3) is 0 Å². The summed E-state index contributed by atoms with van der Waals surface area (Å²) in [6, 6.07) is 5.02. The summed E-state index contributed by atoms with van der Waals surface area (Å²) in [4.78, 5) is 17.0. The van der Waals surface area contributed by atoms with Crippen molar-refractivity contribution in [1.29, 1.82) is 0 Å². The lowest BCUT2D eigenvalue weighted by Gasteiger charge is -2.12. The molecule has 2 N–H and O–H groups in total. The topological polar surface area (TPSA) is 74.4 Å². The number of hydrogen-bond donors (Lipinski definition) is 1. The summed E-state index contributed by atoms with van der Waals surface area (Å²) < 4.78 is 10.4. The molecule has 0 aliphatic rings. The van der Waals surface area contributed by atoms with Crippen molar-refractivity contribution < 1.29 is 14.3 Å². The van der Waals surface area contributed by atoms with Gasteiger partial charge in [-0.2, -0.15) is 0 Å². The molecule has 0 aliphatic heterocycles. The summed E-state index contributed by atoms with van der Waals surface area (Å²) in [5.74, 6) is -0.0808. The Morgan fingerprint density at radius 2 is 2.25 bits per heavy atom. The molecular weight excluding hydrogens is 276 g/mol. The Labute approximate surface area is 121 Å². The minimum absolute atomic E-state index is 0.341. The van der Waals surface area contributed by atoms with E-state index in [9.17, 15) is 4.79 Å². The third-order valence-corrected chi connectivity index (χ3v) is 3.87. The normalized spacial score (nSPS) is 10.3. The van der Waals surface area contributed by atoms with E-state index in [4.69, 9.17) is 15.2 Å². The molecule has 0 amide bonds. The van der Waals surface area contributed by atoms with Crippen molar-refractivity contribution in [1.82, 2.24) is 4.98 Å². The zero-order valence-corrected chi connectivity index (χ0v) is 12.2. The van der Waals surface area contributed by atoms with E-state index in [1.165, 1.54) is 12.0 Å². The van der Waals surface area contributed by atoms with E-state index in [2.05, 4.69) is 4.98 Å². The van der Waals surface area contributed by atoms with Crippen LogP contribution in [0, 0.1) is 6.92 Å². The standard InChI is InChI=1S/C14H16N2O3S/c1-9-12(20-8-16-9)6-7-19-13-10(14(17)18-2)4-3-5-11(13)15/h3-5,8H,6-7,15H2,1-2H3. The summed E-state index contributed by atoms with van der Waals surface area (Å²) in [6.07, 6.45) is 0.728. The molecule has 1 heterocycles. The second kappa shape index (κ2) is 6.38. The van der Waals surface area contributed by atoms with Crippen molar-refractivity contribution >= 4 is 23.0 Å². The Kier molecular flexibility index (Phi) is 4.57. The van der Waals surface area contributed by atoms with E-state index in [0.717, 1.165) is 12.1 Å². The fourth-order valence-corrected chi connectivity index (χ4v) is 2.56. The van der Waals surface area contributed by atoms with Crippen LogP contribution in [0.5, 0.6) is 5.75 Å². The number of aromatic nitrogens is 1. The molecule has 1 aromatic carbocycles. The first-order valence-electron chi connectivity index (χ1n) is 6.12. The molecule has 106 valence electrons. The molecule has 0 saturated heterocycles. The number of thiazole rings is 1. The summed E-state index contributed by atoms with van der Waals surface area (Å²) >= 11 is 1.59. The molecule has 2 aromatic rings. The predicted molar refractivity (Wildman–Crippen MR) is 78.2 cm³/mol. The molecule has 6 heteroatoms. The molecule has 0 fully saturated rings. The zero-order valence-electron chi connectivity index (χ0n) is 11.4. The number of benzene rings is 1. The number of esters is 1. The Balaban J connectivity index is 2.09. The third-order valence-electron chi connectivity index (χ3n) is 2.87. The van der Waals surface area contributed by atoms with E-state index < -0.39 is 5.97 Å². The van der Waals surface area contributed by atoms with Crippen molar-refractivity contribution in [3.8, 4) is 5.75 Å². The highest BCUT2D eigenvalue weighted by molar-refractivity contribution is 7.09. The lowest BCUT2D eigenvalue weighted by molar-refractivity contribution is 0.0596. The molecule has 20 heavy (non-hydrogen) atoms. The van der Waals surface area contributed by atoms with Gasteiger partial charge in [-0.15, -0.1) is 11.3 Å². The molecule has 0 atom stereocenters. The Bertz CT molecular complexity index is 610. The van der Waals surface area contributed by atoms with Crippen LogP contribution in [-0.4, -0.2) is 24.7 Å². The Morgan fingerprint density at radius 1 is 1.45 bits per heavy atom. The molecule has 0 saturated carbocycles. The van der Waals surface area contributed by atoms with Gasteiger partial charge in [0.25, 0.3) is 0 Å². The van der Waals surface area contributed by atoms with E-state index in [-0.39, 0.29) is 0 Å². The highest BCUT2D eigenvalue weighted by Gasteiger charge is 2.15. The summed E-state index contributed by atoms with van der Waals surface area (Å²) in [5, 5.41) is 0. The first-order valence-corrected chi connectivity index (χ1v) is 7.00. The fourth-order valence-electron chi connectivity index (χ4n) is 1.80. The number of nitrogens with two attached hydrogens (primary N) is 1. The first kappa shape index (κ1) is 14.3. The van der Waals surface area contributed by atoms with Crippen molar-refractivity contribution in [2.24, 2.45) is 0 Å². The summed E-state index contributed by atoms with van der Waals surface area (Å²) in [6.45, 7) is 2.39. The second-order valence-electron chi connectivity index (χ2n) is 4.17. The van der Waals surface area contributed by atoms with Crippen LogP contribution in [0.15, 0.2) is 23.7 Å². The van der Waals surface area contributed by atoms with Gasteiger partial charge < -0.3 is 15.2 Å². The maximum atomic E-state index is 11.7. The maximum absolute atomic E-state index is 11.7. The van der Waals surface area contributed by atoms with Crippen LogP contribution in [0.1, 0.15) is 20.9 Å². The van der Waals surface area contributed by atoms with E-state index in [0.29, 0.717) is 23.6 Å². The van der Waals surface area contributed by atoms with Gasteiger partial charge in [0.2, 0.25) is 0 Å². The molecule has 0 aliphatic carbocycles. The third kappa shape index (κ3) is 3.08. The zero-order chi connectivity index (χ0) is 14.5. The molecule has 1 aromatic heterocycles. The number of nitrogen functional groups attached to an aromatic ring is 1. The Morgan fingerprint density at radius 3 is 2.90 bits per heavy atom. The number of methoxy groups -OCH3 is 1. The quantitative estimate of drug-likeness (QED) is 0.676. The number of nitrogens with zero attached hydrogens (tertiary/aromatic N) is 1. The van der Waals surface area contributed by atoms with E-state index in [1.54, 1.807) is 35.0 Å². The van der Waals surface area contributed by atoms with E-state index in [1.807, 2.05) is 6.92 Å². The van der Waals surface area contributed by atoms with Gasteiger partial charge in [0.1, 0.15) is 5.56 Å². The molecule has 2 rings (SSSR count). The van der Waals surface area contributed by atoms with Gasteiger partial charge in [0.05, 0.1) is 30.6 Å². The smallest absolute Gasteiger partial charge is 0.341 e. The lowest BCUT2D eigenvalue weighted by Crippen LogP contribution is -2.10. The van der Waals surface area contributed by atoms with Crippen molar-refractivity contribution in [3.05, 3.63) is 39.8 Å². The van der Waals surface area contributed by atoms with Crippen molar-refractivity contribution in [2.75, 3.05) is 19.5 Å². The minimum Gasteiger partial charge on any atom is -0.490 e. The SMILES string of the molecule is COC(=O)c1cccc(N)c1OCCc1scnc1C. The minimum atomic E-state index is -0.457. The first-order chi connectivity index (χ1) is 9.63. The van der Waals surface area contributed by atoms with Gasteiger partial charge in [-0.1, -0.05) is 6.07 Å². The molecule has 0 spiro atoms. The van der Waals surface area contributed by atoms with Crippen LogP contribution >= 0.6 is 11.3 Å². The number of hydrogen-bond acceptors (Lipinski definition) is 6.